The van der Waals surface area contributed by atoms with E-state index in [0.717, 1.165) is 0 Å². The van der Waals surface area contributed by atoms with E-state index in [0.29, 0.717) is 6.07 Å². The highest BCUT2D eigenvalue weighted by Gasteiger charge is 2.32. The molecule has 0 spiro atoms. The van der Waals surface area contributed by atoms with Crippen molar-refractivity contribution in [1.29, 1.82) is 0 Å². The molecule has 1 aromatic heterocycles. The number of hydrogen-bond donors (Lipinski definition) is 0. The van der Waals surface area contributed by atoms with Crippen molar-refractivity contribution < 1.29 is 31.5 Å². The van der Waals surface area contributed by atoms with Crippen LogP contribution in [0.25, 0.3) is 0 Å². The second-order valence-corrected chi connectivity index (χ2v) is 3.55. The molecule has 0 saturated heterocycles. The maximum Gasteiger partial charge on any atom is 0.416 e. The minimum Gasteiger partial charge on any atom is -0.466 e. The number of alkyl halides is 5. The van der Waals surface area contributed by atoms with Crippen LogP contribution in [0.2, 0.25) is 0 Å². The van der Waals surface area contributed by atoms with Gasteiger partial charge in [-0.05, 0) is 19.1 Å². The third-order valence-corrected chi connectivity index (χ3v) is 2.08. The van der Waals surface area contributed by atoms with Crippen LogP contribution in [0.15, 0.2) is 12.1 Å². The Morgan fingerprint density at radius 1 is 1.37 bits per heavy atom. The van der Waals surface area contributed by atoms with E-state index in [4.69, 9.17) is 0 Å². The molecule has 1 aromatic rings. The van der Waals surface area contributed by atoms with Gasteiger partial charge >= 0.3 is 12.1 Å². The van der Waals surface area contributed by atoms with Gasteiger partial charge in [0.1, 0.15) is 5.69 Å². The van der Waals surface area contributed by atoms with Gasteiger partial charge in [0.05, 0.1) is 24.3 Å². The molecule has 0 bridgehead atoms. The summed E-state index contributed by atoms with van der Waals surface area (Å²) in [6, 6.07) is 0.822. The maximum atomic E-state index is 12.5. The molecule has 0 amide bonds. The number of aromatic nitrogens is 1. The van der Waals surface area contributed by atoms with Crippen molar-refractivity contribution in [2.24, 2.45) is 0 Å². The summed E-state index contributed by atoms with van der Waals surface area (Å²) in [6.07, 6.45) is -8.52. The summed E-state index contributed by atoms with van der Waals surface area (Å²) in [5.41, 5.74) is -2.69. The molecule has 0 fully saturated rings. The standard InChI is InChI=1S/C11H10F5NO2/c1-2-19-9(18)5-7-3-6(11(14,15)16)4-8(17-7)10(12)13/h3-4,10H,2,5H2,1H3. The molecule has 0 N–H and O–H groups in total. The van der Waals surface area contributed by atoms with Gasteiger partial charge in [-0.1, -0.05) is 0 Å². The number of halogens is 5. The highest BCUT2D eigenvalue weighted by molar-refractivity contribution is 5.72. The molecule has 0 unspecified atom stereocenters. The summed E-state index contributed by atoms with van der Waals surface area (Å²) in [5, 5.41) is 0. The van der Waals surface area contributed by atoms with Crippen LogP contribution in [0.4, 0.5) is 22.0 Å². The predicted octanol–water partition coefficient (Wildman–Crippen LogP) is 3.14. The summed E-state index contributed by atoms with van der Waals surface area (Å²) in [7, 11) is 0. The van der Waals surface area contributed by atoms with Crippen molar-refractivity contribution in [2.45, 2.75) is 25.9 Å². The van der Waals surface area contributed by atoms with Gasteiger partial charge in [0.25, 0.3) is 6.43 Å². The summed E-state index contributed by atoms with van der Waals surface area (Å²) in [4.78, 5) is 14.4. The molecule has 0 saturated carbocycles. The Labute approximate surface area is 105 Å². The van der Waals surface area contributed by atoms with E-state index in [-0.39, 0.29) is 12.7 Å². The second kappa shape index (κ2) is 5.94. The first-order chi connectivity index (χ1) is 8.74. The zero-order valence-corrected chi connectivity index (χ0v) is 9.80. The Balaban J connectivity index is 3.10. The minimum absolute atomic E-state index is 0.0412. The van der Waals surface area contributed by atoms with E-state index in [2.05, 4.69) is 9.72 Å². The van der Waals surface area contributed by atoms with Crippen LogP contribution >= 0.6 is 0 Å². The number of hydrogen-bond acceptors (Lipinski definition) is 3. The van der Waals surface area contributed by atoms with Crippen molar-refractivity contribution in [3.63, 3.8) is 0 Å². The lowest BCUT2D eigenvalue weighted by molar-refractivity contribution is -0.143. The molecule has 0 atom stereocenters. The van der Waals surface area contributed by atoms with Crippen molar-refractivity contribution in [2.75, 3.05) is 6.61 Å². The molecule has 0 aromatic carbocycles. The highest BCUT2D eigenvalue weighted by atomic mass is 19.4. The van der Waals surface area contributed by atoms with Gasteiger partial charge in [0, 0.05) is 0 Å². The van der Waals surface area contributed by atoms with E-state index < -0.39 is 41.9 Å². The molecule has 0 aliphatic carbocycles. The van der Waals surface area contributed by atoms with Gasteiger partial charge in [-0.15, -0.1) is 0 Å². The zero-order valence-electron chi connectivity index (χ0n) is 9.80. The number of nitrogens with zero attached hydrogens (tertiary/aromatic N) is 1. The summed E-state index contributed by atoms with van der Waals surface area (Å²) >= 11 is 0. The van der Waals surface area contributed by atoms with E-state index in [9.17, 15) is 26.7 Å². The highest BCUT2D eigenvalue weighted by Crippen LogP contribution is 2.31. The van der Waals surface area contributed by atoms with Gasteiger partial charge in [0.15, 0.2) is 0 Å². The Morgan fingerprint density at radius 3 is 2.47 bits per heavy atom. The first-order valence-corrected chi connectivity index (χ1v) is 5.26. The average molecular weight is 283 g/mol. The number of carbonyl (C=O) groups is 1. The summed E-state index contributed by atoms with van der Waals surface area (Å²) in [6.45, 7) is 1.56. The Bertz CT molecular complexity index is 459. The fourth-order valence-electron chi connectivity index (χ4n) is 1.34. The second-order valence-electron chi connectivity index (χ2n) is 3.55. The van der Waals surface area contributed by atoms with E-state index in [1.807, 2.05) is 0 Å². The molecule has 19 heavy (non-hydrogen) atoms. The fraction of sp³-hybridized carbons (Fsp3) is 0.455. The van der Waals surface area contributed by atoms with Gasteiger partial charge in [-0.25, -0.2) is 8.78 Å². The molecule has 1 rings (SSSR count). The molecular formula is C11H10F5NO2. The van der Waals surface area contributed by atoms with E-state index >= 15 is 0 Å². The van der Waals surface area contributed by atoms with Crippen LogP contribution < -0.4 is 0 Å². The van der Waals surface area contributed by atoms with E-state index in [1.54, 1.807) is 0 Å². The molecule has 0 aliphatic heterocycles. The zero-order chi connectivity index (χ0) is 14.6. The summed E-state index contributed by atoms with van der Waals surface area (Å²) < 4.78 is 67.0. The monoisotopic (exact) mass is 283 g/mol. The maximum absolute atomic E-state index is 12.5. The Hall–Kier alpha value is -1.73. The van der Waals surface area contributed by atoms with Crippen LogP contribution in [0.5, 0.6) is 0 Å². The number of carbonyl (C=O) groups excluding carboxylic acids is 1. The third-order valence-electron chi connectivity index (χ3n) is 2.08. The van der Waals surface area contributed by atoms with Crippen molar-refractivity contribution >= 4 is 5.97 Å². The van der Waals surface area contributed by atoms with Gasteiger partial charge in [-0.3, -0.25) is 9.78 Å². The molecular weight excluding hydrogens is 273 g/mol. The molecule has 8 heteroatoms. The largest absolute Gasteiger partial charge is 0.466 e. The number of ether oxygens (including phenoxy) is 1. The van der Waals surface area contributed by atoms with Crippen molar-refractivity contribution in [1.82, 2.24) is 4.98 Å². The number of esters is 1. The first-order valence-electron chi connectivity index (χ1n) is 5.26. The van der Waals surface area contributed by atoms with Crippen molar-refractivity contribution in [3.05, 3.63) is 29.1 Å². The molecule has 1 heterocycles. The number of pyridine rings is 1. The molecule has 0 radical (unpaired) electrons. The molecule has 0 aliphatic rings. The predicted molar refractivity (Wildman–Crippen MR) is 54.5 cm³/mol. The van der Waals surface area contributed by atoms with Crippen LogP contribution in [-0.4, -0.2) is 17.6 Å². The van der Waals surface area contributed by atoms with Crippen LogP contribution in [0.3, 0.4) is 0 Å². The summed E-state index contributed by atoms with van der Waals surface area (Å²) in [5.74, 6) is -0.824. The Kier molecular flexibility index (Phi) is 4.79. The van der Waals surface area contributed by atoms with Crippen LogP contribution in [-0.2, 0) is 22.1 Å². The topological polar surface area (TPSA) is 39.2 Å². The van der Waals surface area contributed by atoms with Gasteiger partial charge in [-0.2, -0.15) is 13.2 Å². The lowest BCUT2D eigenvalue weighted by Gasteiger charge is -2.11. The number of rotatable bonds is 4. The minimum atomic E-state index is -4.78. The lowest BCUT2D eigenvalue weighted by Crippen LogP contribution is -2.13. The lowest BCUT2D eigenvalue weighted by atomic mass is 10.1. The molecule has 3 nitrogen and oxygen atoms in total. The van der Waals surface area contributed by atoms with Gasteiger partial charge in [0.2, 0.25) is 0 Å². The fourth-order valence-corrected chi connectivity index (χ4v) is 1.34. The first kappa shape index (κ1) is 15.3. The van der Waals surface area contributed by atoms with Gasteiger partial charge < -0.3 is 4.74 Å². The normalized spacial score (nSPS) is 11.7. The SMILES string of the molecule is CCOC(=O)Cc1cc(C(F)(F)F)cc(C(F)F)n1. The van der Waals surface area contributed by atoms with Crippen molar-refractivity contribution in [3.8, 4) is 0 Å². The molecule has 106 valence electrons. The van der Waals surface area contributed by atoms with E-state index in [1.165, 1.54) is 6.92 Å². The smallest absolute Gasteiger partial charge is 0.416 e. The average Bonchev–Trinajstić information content (AvgIpc) is 2.27. The van der Waals surface area contributed by atoms with Crippen LogP contribution in [0.1, 0.15) is 30.3 Å². The Morgan fingerprint density at radius 2 is 2.00 bits per heavy atom. The van der Waals surface area contributed by atoms with Crippen LogP contribution in [0, 0.1) is 0 Å². The third kappa shape index (κ3) is 4.46. The quantitative estimate of drug-likeness (QED) is 0.629.